The van der Waals surface area contributed by atoms with Gasteiger partial charge in [0, 0.05) is 0 Å². The Hall–Kier alpha value is 0.240. The summed E-state index contributed by atoms with van der Waals surface area (Å²) >= 11 is 13.3. The molecule has 1 aromatic heterocycles. The maximum atomic E-state index is 5.98. The Morgan fingerprint density at radius 2 is 2.15 bits per heavy atom. The molecule has 0 saturated carbocycles. The number of unbranched alkanes of at least 4 members (excludes halogenated alkanes) is 1. The van der Waals surface area contributed by atoms with Crippen molar-refractivity contribution in [2.45, 2.75) is 19.3 Å². The second-order valence-electron chi connectivity index (χ2n) is 2.91. The van der Waals surface area contributed by atoms with E-state index in [1.54, 1.807) is 0 Å². The molecule has 0 fully saturated rings. The normalized spacial score (nSPS) is 10.7. The number of hydrogen-bond acceptors (Lipinski definition) is 2. The summed E-state index contributed by atoms with van der Waals surface area (Å²) in [5.41, 5.74) is 1.19. The van der Waals surface area contributed by atoms with E-state index in [9.17, 15) is 0 Å². The maximum Gasteiger partial charge on any atom is 0.0976 e. The lowest BCUT2D eigenvalue weighted by Gasteiger charge is -1.98. The molecule has 0 saturated heterocycles. The van der Waals surface area contributed by atoms with Gasteiger partial charge in [-0.05, 0) is 44.5 Å². The minimum absolute atomic E-state index is 0.786. The predicted octanol–water partition coefficient (Wildman–Crippen LogP) is 3.60. The number of nitrogens with one attached hydrogen (secondary N) is 1. The molecule has 0 aliphatic rings. The molecular formula is C9H13Cl2NS. The van der Waals surface area contributed by atoms with Crippen molar-refractivity contribution in [3.05, 3.63) is 20.3 Å². The fraction of sp³-hybridized carbons (Fsp3) is 0.556. The summed E-state index contributed by atoms with van der Waals surface area (Å²) in [5.74, 6) is 0. The minimum atomic E-state index is 0.786. The molecular weight excluding hydrogens is 225 g/mol. The van der Waals surface area contributed by atoms with Gasteiger partial charge >= 0.3 is 0 Å². The number of rotatable bonds is 5. The van der Waals surface area contributed by atoms with Crippen LogP contribution in [0.4, 0.5) is 0 Å². The first kappa shape index (κ1) is 11.3. The molecule has 0 bridgehead atoms. The number of halogens is 2. The van der Waals surface area contributed by atoms with Crippen LogP contribution in [0.25, 0.3) is 0 Å². The van der Waals surface area contributed by atoms with Crippen molar-refractivity contribution in [2.24, 2.45) is 0 Å². The van der Waals surface area contributed by atoms with E-state index in [-0.39, 0.29) is 0 Å². The zero-order valence-electron chi connectivity index (χ0n) is 7.57. The Morgan fingerprint density at radius 3 is 2.69 bits per heavy atom. The molecule has 0 amide bonds. The van der Waals surface area contributed by atoms with E-state index in [4.69, 9.17) is 23.2 Å². The van der Waals surface area contributed by atoms with E-state index in [2.05, 4.69) is 5.32 Å². The van der Waals surface area contributed by atoms with E-state index < -0.39 is 0 Å². The summed E-state index contributed by atoms with van der Waals surface area (Å²) in [7, 11) is 1.97. The molecule has 0 radical (unpaired) electrons. The van der Waals surface area contributed by atoms with Crippen LogP contribution >= 0.6 is 34.5 Å². The van der Waals surface area contributed by atoms with Crippen molar-refractivity contribution in [1.82, 2.24) is 5.32 Å². The van der Waals surface area contributed by atoms with Crippen LogP contribution in [0.5, 0.6) is 0 Å². The third kappa shape index (κ3) is 3.86. The second-order valence-corrected chi connectivity index (χ2v) is 5.20. The molecule has 0 unspecified atom stereocenters. The zero-order valence-corrected chi connectivity index (χ0v) is 9.90. The molecule has 0 aliphatic carbocycles. The minimum Gasteiger partial charge on any atom is -0.320 e. The van der Waals surface area contributed by atoms with Crippen molar-refractivity contribution in [3.8, 4) is 0 Å². The first-order valence-corrected chi connectivity index (χ1v) is 5.89. The molecule has 0 aliphatic heterocycles. The lowest BCUT2D eigenvalue weighted by molar-refractivity contribution is 0.678. The molecule has 1 aromatic rings. The summed E-state index contributed by atoms with van der Waals surface area (Å²) in [6, 6.07) is 1.97. The van der Waals surface area contributed by atoms with E-state index in [1.807, 2.05) is 13.1 Å². The van der Waals surface area contributed by atoms with E-state index in [0.29, 0.717) is 0 Å². The van der Waals surface area contributed by atoms with Crippen LogP contribution < -0.4 is 5.32 Å². The molecule has 0 spiro atoms. The molecule has 0 aromatic carbocycles. The predicted molar refractivity (Wildman–Crippen MR) is 61.2 cm³/mol. The Balaban J connectivity index is 2.32. The summed E-state index contributed by atoms with van der Waals surface area (Å²) in [5, 5.41) is 3.12. The number of thiophene rings is 1. The fourth-order valence-electron chi connectivity index (χ4n) is 1.16. The molecule has 0 atom stereocenters. The second kappa shape index (κ2) is 5.86. The quantitative estimate of drug-likeness (QED) is 0.773. The monoisotopic (exact) mass is 237 g/mol. The highest BCUT2D eigenvalue weighted by Gasteiger charge is 2.04. The van der Waals surface area contributed by atoms with Crippen LogP contribution in [0.2, 0.25) is 8.67 Å². The SMILES string of the molecule is CNCCCCc1cc(Cl)sc1Cl. The molecule has 1 rings (SSSR count). The van der Waals surface area contributed by atoms with E-state index >= 15 is 0 Å². The van der Waals surface area contributed by atoms with Gasteiger partial charge in [-0.2, -0.15) is 0 Å². The van der Waals surface area contributed by atoms with Gasteiger partial charge < -0.3 is 5.32 Å². The van der Waals surface area contributed by atoms with Crippen molar-refractivity contribution < 1.29 is 0 Å². The van der Waals surface area contributed by atoms with Gasteiger partial charge in [0.25, 0.3) is 0 Å². The first-order valence-electron chi connectivity index (χ1n) is 4.32. The van der Waals surface area contributed by atoms with Gasteiger partial charge in [0.1, 0.15) is 0 Å². The molecule has 74 valence electrons. The highest BCUT2D eigenvalue weighted by molar-refractivity contribution is 7.20. The Morgan fingerprint density at radius 1 is 1.38 bits per heavy atom. The average molecular weight is 238 g/mol. The summed E-state index contributed by atoms with van der Waals surface area (Å²) in [6.45, 7) is 1.06. The third-order valence-corrected chi connectivity index (χ3v) is 3.42. The van der Waals surface area contributed by atoms with Crippen molar-refractivity contribution in [1.29, 1.82) is 0 Å². The zero-order chi connectivity index (χ0) is 9.68. The Labute approximate surface area is 93.1 Å². The molecule has 1 N–H and O–H groups in total. The van der Waals surface area contributed by atoms with Gasteiger partial charge in [-0.25, -0.2) is 0 Å². The summed E-state index contributed by atoms with van der Waals surface area (Å²) < 4.78 is 1.63. The summed E-state index contributed by atoms with van der Waals surface area (Å²) in [4.78, 5) is 0. The van der Waals surface area contributed by atoms with Gasteiger partial charge in [-0.3, -0.25) is 0 Å². The lowest BCUT2D eigenvalue weighted by atomic mass is 10.1. The highest BCUT2D eigenvalue weighted by Crippen LogP contribution is 2.31. The first-order chi connectivity index (χ1) is 6.24. The Kier molecular flexibility index (Phi) is 5.10. The average Bonchev–Trinajstić information content (AvgIpc) is 2.39. The number of hydrogen-bond donors (Lipinski definition) is 1. The highest BCUT2D eigenvalue weighted by atomic mass is 35.5. The van der Waals surface area contributed by atoms with Crippen LogP contribution in [0, 0.1) is 0 Å². The van der Waals surface area contributed by atoms with Crippen molar-refractivity contribution >= 4 is 34.5 Å². The van der Waals surface area contributed by atoms with E-state index in [0.717, 1.165) is 28.1 Å². The lowest BCUT2D eigenvalue weighted by Crippen LogP contribution is -2.07. The van der Waals surface area contributed by atoms with Crippen LogP contribution in [-0.4, -0.2) is 13.6 Å². The summed E-state index contributed by atoms with van der Waals surface area (Å²) in [6.07, 6.45) is 3.37. The van der Waals surface area contributed by atoms with Crippen LogP contribution in [0.1, 0.15) is 18.4 Å². The van der Waals surface area contributed by atoms with Gasteiger partial charge in [0.15, 0.2) is 0 Å². The molecule has 1 nitrogen and oxygen atoms in total. The maximum absolute atomic E-state index is 5.98. The Bertz CT molecular complexity index is 260. The smallest absolute Gasteiger partial charge is 0.0976 e. The third-order valence-electron chi connectivity index (χ3n) is 1.85. The van der Waals surface area contributed by atoms with Crippen LogP contribution in [0.15, 0.2) is 6.07 Å². The van der Waals surface area contributed by atoms with Gasteiger partial charge in [-0.15, -0.1) is 11.3 Å². The fourth-order valence-corrected chi connectivity index (χ4v) is 2.71. The topological polar surface area (TPSA) is 12.0 Å². The molecule has 13 heavy (non-hydrogen) atoms. The van der Waals surface area contributed by atoms with Gasteiger partial charge in [0.05, 0.1) is 8.67 Å². The largest absolute Gasteiger partial charge is 0.320 e. The van der Waals surface area contributed by atoms with Crippen molar-refractivity contribution in [3.63, 3.8) is 0 Å². The standard InChI is InChI=1S/C9H13Cl2NS/c1-12-5-3-2-4-7-6-8(10)13-9(7)11/h6,12H,2-5H2,1H3. The van der Waals surface area contributed by atoms with Gasteiger partial charge in [0.2, 0.25) is 0 Å². The molecule has 1 heterocycles. The number of aryl methyl sites for hydroxylation is 1. The van der Waals surface area contributed by atoms with E-state index in [1.165, 1.54) is 23.3 Å². The van der Waals surface area contributed by atoms with Crippen molar-refractivity contribution in [2.75, 3.05) is 13.6 Å². The molecule has 4 heteroatoms. The van der Waals surface area contributed by atoms with Gasteiger partial charge in [-0.1, -0.05) is 23.2 Å². The van der Waals surface area contributed by atoms with Crippen LogP contribution in [0.3, 0.4) is 0 Å². The van der Waals surface area contributed by atoms with Crippen LogP contribution in [-0.2, 0) is 6.42 Å².